The number of ketones is 1. The highest BCUT2D eigenvalue weighted by Gasteiger charge is 2.16. The normalized spacial score (nSPS) is 11.5. The second-order valence-corrected chi connectivity index (χ2v) is 4.73. The summed E-state index contributed by atoms with van der Waals surface area (Å²) < 4.78 is 0. The lowest BCUT2D eigenvalue weighted by Crippen LogP contribution is -2.17. The fourth-order valence-electron chi connectivity index (χ4n) is 2.33. The molecule has 102 valence electrons. The number of carbonyl (C=O) groups excluding carboxylic acids is 1. The average molecular weight is 274 g/mol. The summed E-state index contributed by atoms with van der Waals surface area (Å²) in [6.07, 6.45) is 0. The van der Waals surface area contributed by atoms with Gasteiger partial charge in [0.25, 0.3) is 0 Å². The summed E-state index contributed by atoms with van der Waals surface area (Å²) >= 11 is 0. The Morgan fingerprint density at radius 2 is 1.43 bits per heavy atom. The van der Waals surface area contributed by atoms with Gasteiger partial charge >= 0.3 is 0 Å². The number of carbonyl (C=O) groups is 1. The van der Waals surface area contributed by atoms with Crippen LogP contribution in [0.15, 0.2) is 77.9 Å². The van der Waals surface area contributed by atoms with Crippen LogP contribution in [0.25, 0.3) is 10.8 Å². The molecular weight excluding hydrogens is 260 g/mol. The molecule has 0 radical (unpaired) electrons. The van der Waals surface area contributed by atoms with Gasteiger partial charge in [0.2, 0.25) is 5.78 Å². The molecule has 0 aliphatic carbocycles. The molecule has 0 saturated heterocycles. The van der Waals surface area contributed by atoms with Crippen molar-refractivity contribution in [2.45, 2.75) is 0 Å². The summed E-state index contributed by atoms with van der Waals surface area (Å²) in [7, 11) is 0. The second kappa shape index (κ2) is 5.59. The predicted octanol–water partition coefficient (Wildman–Crippen LogP) is 3.39. The lowest BCUT2D eigenvalue weighted by Gasteiger charge is -2.06. The number of Topliss-reactive ketones (excluding diaryl/α,β-unsaturated/α-hetero) is 1. The molecule has 0 atom stereocenters. The zero-order chi connectivity index (χ0) is 14.7. The molecule has 0 fully saturated rings. The molecule has 0 amide bonds. The van der Waals surface area contributed by atoms with Crippen molar-refractivity contribution < 1.29 is 4.79 Å². The van der Waals surface area contributed by atoms with Gasteiger partial charge in [0.15, 0.2) is 0 Å². The number of rotatable bonds is 3. The van der Waals surface area contributed by atoms with Crippen molar-refractivity contribution in [2.75, 3.05) is 0 Å². The molecule has 3 aromatic rings. The highest BCUT2D eigenvalue weighted by Crippen LogP contribution is 2.17. The van der Waals surface area contributed by atoms with Gasteiger partial charge in [-0.25, -0.2) is 0 Å². The summed E-state index contributed by atoms with van der Waals surface area (Å²) in [6.45, 7) is 0. The van der Waals surface area contributed by atoms with Crippen molar-refractivity contribution in [1.82, 2.24) is 0 Å². The Morgan fingerprint density at radius 1 is 0.762 bits per heavy atom. The van der Waals surface area contributed by atoms with Gasteiger partial charge in [0.1, 0.15) is 5.71 Å². The molecule has 0 unspecified atom stereocenters. The third-order valence-electron chi connectivity index (χ3n) is 3.40. The van der Waals surface area contributed by atoms with E-state index >= 15 is 0 Å². The number of benzene rings is 3. The number of nitrogens with zero attached hydrogens (tertiary/aromatic N) is 1. The van der Waals surface area contributed by atoms with Crippen molar-refractivity contribution in [2.24, 2.45) is 10.9 Å². The maximum absolute atomic E-state index is 12.6. The van der Waals surface area contributed by atoms with Crippen molar-refractivity contribution in [3.63, 3.8) is 0 Å². The van der Waals surface area contributed by atoms with Crippen LogP contribution in [0.2, 0.25) is 0 Å². The first-order valence-electron chi connectivity index (χ1n) is 6.66. The van der Waals surface area contributed by atoms with Gasteiger partial charge in [-0.15, -0.1) is 0 Å². The first-order chi connectivity index (χ1) is 10.3. The summed E-state index contributed by atoms with van der Waals surface area (Å²) in [5.74, 6) is 5.25. The van der Waals surface area contributed by atoms with Crippen LogP contribution in [0.5, 0.6) is 0 Å². The van der Waals surface area contributed by atoms with E-state index in [0.717, 1.165) is 16.3 Å². The molecule has 3 heteroatoms. The first-order valence-corrected chi connectivity index (χ1v) is 6.66. The minimum absolute atomic E-state index is 0.172. The van der Waals surface area contributed by atoms with Crippen molar-refractivity contribution in [3.8, 4) is 0 Å². The molecule has 0 aliphatic heterocycles. The number of fused-ring (bicyclic) bond motifs is 1. The van der Waals surface area contributed by atoms with Crippen molar-refractivity contribution >= 4 is 22.3 Å². The Balaban J connectivity index is 2.03. The Hall–Kier alpha value is -2.94. The summed E-state index contributed by atoms with van der Waals surface area (Å²) in [5, 5.41) is 5.80. The number of hydrogen-bond acceptors (Lipinski definition) is 3. The molecule has 21 heavy (non-hydrogen) atoms. The van der Waals surface area contributed by atoms with Gasteiger partial charge in [-0.3, -0.25) is 4.79 Å². The maximum atomic E-state index is 12.6. The Bertz CT molecular complexity index is 823. The number of nitrogens with two attached hydrogens (primary N) is 1. The van der Waals surface area contributed by atoms with E-state index in [-0.39, 0.29) is 11.5 Å². The van der Waals surface area contributed by atoms with Crippen LogP contribution in [-0.2, 0) is 0 Å². The third-order valence-corrected chi connectivity index (χ3v) is 3.40. The van der Waals surface area contributed by atoms with Crippen molar-refractivity contribution in [3.05, 3.63) is 83.9 Å². The Kier molecular flexibility index (Phi) is 3.48. The van der Waals surface area contributed by atoms with Gasteiger partial charge in [-0.2, -0.15) is 5.10 Å². The monoisotopic (exact) mass is 274 g/mol. The summed E-state index contributed by atoms with van der Waals surface area (Å²) in [5.41, 5.74) is 1.57. The summed E-state index contributed by atoms with van der Waals surface area (Å²) in [6, 6.07) is 22.8. The fraction of sp³-hybridized carbons (Fsp3) is 0. The molecule has 0 aliphatic rings. The van der Waals surface area contributed by atoms with Gasteiger partial charge in [0.05, 0.1) is 0 Å². The molecule has 0 saturated carbocycles. The lowest BCUT2D eigenvalue weighted by molar-refractivity contribution is 0.106. The zero-order valence-electron chi connectivity index (χ0n) is 11.4. The summed E-state index contributed by atoms with van der Waals surface area (Å²) in [4.78, 5) is 12.6. The van der Waals surface area contributed by atoms with E-state index in [1.165, 1.54) is 0 Å². The second-order valence-electron chi connectivity index (χ2n) is 4.73. The quantitative estimate of drug-likeness (QED) is 0.344. The molecule has 0 aromatic heterocycles. The first kappa shape index (κ1) is 13.1. The zero-order valence-corrected chi connectivity index (χ0v) is 11.4. The smallest absolute Gasteiger partial charge is 0.213 e. The molecule has 3 aromatic carbocycles. The Morgan fingerprint density at radius 3 is 2.14 bits per heavy atom. The number of hydrazone groups is 1. The van der Waals surface area contributed by atoms with Gasteiger partial charge in [-0.1, -0.05) is 66.7 Å². The van der Waals surface area contributed by atoms with E-state index < -0.39 is 0 Å². The van der Waals surface area contributed by atoms with Crippen LogP contribution in [0.3, 0.4) is 0 Å². The molecular formula is C18H14N2O. The van der Waals surface area contributed by atoms with Crippen LogP contribution in [0.4, 0.5) is 0 Å². The largest absolute Gasteiger partial charge is 0.323 e. The molecule has 3 nitrogen and oxygen atoms in total. The lowest BCUT2D eigenvalue weighted by atomic mass is 9.98. The van der Waals surface area contributed by atoms with E-state index in [9.17, 15) is 4.79 Å². The Labute approximate surface area is 122 Å². The van der Waals surface area contributed by atoms with E-state index in [1.54, 1.807) is 6.07 Å². The molecule has 0 heterocycles. The van der Waals surface area contributed by atoms with Gasteiger partial charge in [0, 0.05) is 11.1 Å². The average Bonchev–Trinajstić information content (AvgIpc) is 2.56. The van der Waals surface area contributed by atoms with Gasteiger partial charge in [-0.05, 0) is 16.8 Å². The van der Waals surface area contributed by atoms with E-state index in [1.807, 2.05) is 66.7 Å². The van der Waals surface area contributed by atoms with E-state index in [2.05, 4.69) is 5.10 Å². The topological polar surface area (TPSA) is 55.4 Å². The van der Waals surface area contributed by atoms with Crippen LogP contribution in [0.1, 0.15) is 15.9 Å². The molecule has 3 rings (SSSR count). The highest BCUT2D eigenvalue weighted by molar-refractivity contribution is 6.51. The predicted molar refractivity (Wildman–Crippen MR) is 85.4 cm³/mol. The van der Waals surface area contributed by atoms with E-state index in [0.29, 0.717) is 5.56 Å². The van der Waals surface area contributed by atoms with E-state index in [4.69, 9.17) is 5.84 Å². The number of hydrogen-bond donors (Lipinski definition) is 1. The standard InChI is InChI=1S/C18H14N2O/c19-20-17(14-7-2-1-3-8-14)18(21)16-11-10-13-6-4-5-9-15(13)12-16/h1-12H,19H2/b20-17+. The SMILES string of the molecule is N/N=C(/C(=O)c1ccc2ccccc2c1)c1ccccc1. The van der Waals surface area contributed by atoms with Crippen LogP contribution in [-0.4, -0.2) is 11.5 Å². The molecule has 0 spiro atoms. The van der Waals surface area contributed by atoms with Crippen LogP contribution >= 0.6 is 0 Å². The van der Waals surface area contributed by atoms with Gasteiger partial charge < -0.3 is 5.84 Å². The highest BCUT2D eigenvalue weighted by atomic mass is 16.1. The van der Waals surface area contributed by atoms with Crippen molar-refractivity contribution in [1.29, 1.82) is 0 Å². The maximum Gasteiger partial charge on any atom is 0.213 e. The molecule has 2 N–H and O–H groups in total. The minimum atomic E-state index is -0.172. The van der Waals surface area contributed by atoms with Crippen LogP contribution in [0, 0.1) is 0 Å². The minimum Gasteiger partial charge on any atom is -0.323 e. The fourth-order valence-corrected chi connectivity index (χ4v) is 2.33. The molecule has 0 bridgehead atoms. The third kappa shape index (κ3) is 2.54. The van der Waals surface area contributed by atoms with Crippen LogP contribution < -0.4 is 5.84 Å².